The second kappa shape index (κ2) is 16.6. The molecule has 1 aromatic carbocycles. The van der Waals surface area contributed by atoms with E-state index in [2.05, 4.69) is 39.8 Å². The van der Waals surface area contributed by atoms with Gasteiger partial charge in [0.15, 0.2) is 0 Å². The standard InChI is InChI=1S/C30H50O4/c1-7-8-9-13-16-19-24(20-17-14-11-10-12-15-18-21-28(31)34-6)26-22-25(33-5)23-27(29(26)32)30(2,3)4/h17,20,22-24,32H,7-16,18-19,21H2,1-6H3/b20-17+. The summed E-state index contributed by atoms with van der Waals surface area (Å²) < 4.78 is 10.3. The number of carbonyl (C=O) groups excluding carboxylic acids is 1. The first-order valence-electron chi connectivity index (χ1n) is 13.4. The van der Waals surface area contributed by atoms with Crippen LogP contribution < -0.4 is 4.74 Å². The average molecular weight is 475 g/mol. The van der Waals surface area contributed by atoms with Gasteiger partial charge in [-0.05, 0) is 43.2 Å². The van der Waals surface area contributed by atoms with E-state index >= 15 is 0 Å². The number of carbonyl (C=O) groups is 1. The SMILES string of the molecule is CCCCCCCC(/C=C/CCCCCCCC(=O)OC)c1cc(OC)cc(C(C)(C)C)c1O. The lowest BCUT2D eigenvalue weighted by molar-refractivity contribution is -0.140. The van der Waals surface area contributed by atoms with Crippen LogP contribution in [-0.4, -0.2) is 25.3 Å². The fraction of sp³-hybridized carbons (Fsp3) is 0.700. The van der Waals surface area contributed by atoms with Crippen molar-refractivity contribution in [2.24, 2.45) is 0 Å². The summed E-state index contributed by atoms with van der Waals surface area (Å²) in [6.45, 7) is 8.64. The normalized spacial score (nSPS) is 12.8. The number of hydrogen-bond acceptors (Lipinski definition) is 4. The third-order valence-corrected chi connectivity index (χ3v) is 6.52. The van der Waals surface area contributed by atoms with Crippen LogP contribution in [0.2, 0.25) is 0 Å². The number of aromatic hydroxyl groups is 1. The molecule has 0 aliphatic rings. The van der Waals surface area contributed by atoms with Crippen LogP contribution in [0.1, 0.15) is 128 Å². The number of rotatable bonds is 17. The Bertz CT molecular complexity index is 730. The Morgan fingerprint density at radius 1 is 0.971 bits per heavy atom. The fourth-order valence-corrected chi connectivity index (χ4v) is 4.35. The Morgan fingerprint density at radius 3 is 2.26 bits per heavy atom. The minimum Gasteiger partial charge on any atom is -0.507 e. The zero-order valence-electron chi connectivity index (χ0n) is 22.8. The number of esters is 1. The van der Waals surface area contributed by atoms with Gasteiger partial charge < -0.3 is 14.6 Å². The molecule has 1 rings (SSSR count). The maximum absolute atomic E-state index is 11.2. The van der Waals surface area contributed by atoms with Crippen molar-refractivity contribution in [3.8, 4) is 11.5 Å². The quantitative estimate of drug-likeness (QED) is 0.139. The van der Waals surface area contributed by atoms with Gasteiger partial charge >= 0.3 is 5.97 Å². The Balaban J connectivity index is 2.79. The van der Waals surface area contributed by atoms with E-state index in [1.807, 2.05) is 12.1 Å². The Kier molecular flexibility index (Phi) is 14.7. The minimum absolute atomic E-state index is 0.112. The molecule has 0 radical (unpaired) electrons. The number of phenols is 1. The van der Waals surface area contributed by atoms with E-state index in [-0.39, 0.29) is 17.3 Å². The maximum atomic E-state index is 11.2. The lowest BCUT2D eigenvalue weighted by Crippen LogP contribution is -2.13. The number of benzene rings is 1. The first kappa shape index (κ1) is 30.1. The van der Waals surface area contributed by atoms with E-state index in [1.165, 1.54) is 39.2 Å². The van der Waals surface area contributed by atoms with Crippen molar-refractivity contribution in [1.82, 2.24) is 0 Å². The summed E-state index contributed by atoms with van der Waals surface area (Å²) in [5.41, 5.74) is 1.77. The van der Waals surface area contributed by atoms with Crippen LogP contribution in [0.5, 0.6) is 11.5 Å². The van der Waals surface area contributed by atoms with E-state index in [1.54, 1.807) is 7.11 Å². The van der Waals surface area contributed by atoms with Gasteiger partial charge in [-0.25, -0.2) is 0 Å². The van der Waals surface area contributed by atoms with Crippen molar-refractivity contribution in [2.75, 3.05) is 14.2 Å². The molecule has 4 heteroatoms. The third-order valence-electron chi connectivity index (χ3n) is 6.52. The number of phenolic OH excluding ortho intramolecular Hbond substituents is 1. The predicted octanol–water partition coefficient (Wildman–Crippen LogP) is 8.60. The summed E-state index contributed by atoms with van der Waals surface area (Å²) >= 11 is 0. The van der Waals surface area contributed by atoms with Crippen molar-refractivity contribution in [3.63, 3.8) is 0 Å². The molecule has 1 aromatic rings. The van der Waals surface area contributed by atoms with Crippen molar-refractivity contribution in [2.45, 2.75) is 122 Å². The predicted molar refractivity (Wildman–Crippen MR) is 143 cm³/mol. The molecule has 0 fully saturated rings. The van der Waals surface area contributed by atoms with Crippen LogP contribution in [0.25, 0.3) is 0 Å². The molecule has 1 N–H and O–H groups in total. The van der Waals surface area contributed by atoms with Crippen molar-refractivity contribution >= 4 is 5.97 Å². The molecule has 0 amide bonds. The molecule has 0 heterocycles. The summed E-state index contributed by atoms with van der Waals surface area (Å²) in [6, 6.07) is 3.99. The van der Waals surface area contributed by atoms with Gasteiger partial charge in [-0.1, -0.05) is 91.2 Å². The van der Waals surface area contributed by atoms with Gasteiger partial charge in [0.1, 0.15) is 11.5 Å². The summed E-state index contributed by atoms with van der Waals surface area (Å²) in [5, 5.41) is 11.2. The van der Waals surface area contributed by atoms with Crippen molar-refractivity contribution in [1.29, 1.82) is 0 Å². The number of ether oxygens (including phenoxy) is 2. The van der Waals surface area contributed by atoms with E-state index in [0.29, 0.717) is 12.2 Å². The second-order valence-electron chi connectivity index (χ2n) is 10.5. The smallest absolute Gasteiger partial charge is 0.305 e. The fourth-order valence-electron chi connectivity index (χ4n) is 4.35. The highest BCUT2D eigenvalue weighted by Crippen LogP contribution is 2.41. The van der Waals surface area contributed by atoms with Gasteiger partial charge in [-0.2, -0.15) is 0 Å². The van der Waals surface area contributed by atoms with Crippen LogP contribution in [-0.2, 0) is 14.9 Å². The van der Waals surface area contributed by atoms with Crippen LogP contribution >= 0.6 is 0 Å². The minimum atomic E-state index is -0.156. The molecule has 0 spiro atoms. The van der Waals surface area contributed by atoms with Gasteiger partial charge in [-0.3, -0.25) is 4.79 Å². The highest BCUT2D eigenvalue weighted by atomic mass is 16.5. The first-order chi connectivity index (χ1) is 16.2. The molecule has 0 aliphatic carbocycles. The molecule has 0 aromatic heterocycles. The molecule has 0 aliphatic heterocycles. The van der Waals surface area contributed by atoms with Crippen LogP contribution in [0.15, 0.2) is 24.3 Å². The molecule has 34 heavy (non-hydrogen) atoms. The molecule has 0 bridgehead atoms. The number of methoxy groups -OCH3 is 2. The van der Waals surface area contributed by atoms with Crippen molar-refractivity contribution < 1.29 is 19.4 Å². The van der Waals surface area contributed by atoms with Gasteiger partial charge in [0.25, 0.3) is 0 Å². The zero-order chi connectivity index (χ0) is 25.4. The second-order valence-corrected chi connectivity index (χ2v) is 10.5. The van der Waals surface area contributed by atoms with E-state index in [0.717, 1.165) is 61.8 Å². The lowest BCUT2D eigenvalue weighted by Gasteiger charge is -2.25. The molecule has 0 saturated carbocycles. The highest BCUT2D eigenvalue weighted by molar-refractivity contribution is 5.68. The molecule has 194 valence electrons. The first-order valence-corrected chi connectivity index (χ1v) is 13.4. The molecule has 4 nitrogen and oxygen atoms in total. The average Bonchev–Trinajstić information content (AvgIpc) is 2.80. The number of hydrogen-bond donors (Lipinski definition) is 1. The van der Waals surface area contributed by atoms with Crippen LogP contribution in [0.4, 0.5) is 0 Å². The molecular weight excluding hydrogens is 424 g/mol. The Hall–Kier alpha value is -1.97. The largest absolute Gasteiger partial charge is 0.507 e. The topological polar surface area (TPSA) is 55.8 Å². The lowest BCUT2D eigenvalue weighted by atomic mass is 9.82. The van der Waals surface area contributed by atoms with Crippen molar-refractivity contribution in [3.05, 3.63) is 35.4 Å². The van der Waals surface area contributed by atoms with Gasteiger partial charge in [0.05, 0.1) is 14.2 Å². The highest BCUT2D eigenvalue weighted by Gasteiger charge is 2.24. The van der Waals surface area contributed by atoms with Crippen LogP contribution in [0, 0.1) is 0 Å². The van der Waals surface area contributed by atoms with Gasteiger partial charge in [-0.15, -0.1) is 0 Å². The molecule has 1 atom stereocenters. The maximum Gasteiger partial charge on any atom is 0.305 e. The summed E-state index contributed by atoms with van der Waals surface area (Å²) in [4.78, 5) is 11.2. The monoisotopic (exact) mass is 474 g/mol. The van der Waals surface area contributed by atoms with Gasteiger partial charge in [0.2, 0.25) is 0 Å². The summed E-state index contributed by atoms with van der Waals surface area (Å²) in [5.74, 6) is 1.31. The van der Waals surface area contributed by atoms with Gasteiger partial charge in [0, 0.05) is 23.5 Å². The molecule has 1 unspecified atom stereocenters. The van der Waals surface area contributed by atoms with E-state index in [4.69, 9.17) is 9.47 Å². The Labute approximate surface area is 209 Å². The molecular formula is C30H50O4. The zero-order valence-corrected chi connectivity index (χ0v) is 22.8. The number of unbranched alkanes of at least 4 members (excludes halogenated alkanes) is 9. The van der Waals surface area contributed by atoms with Crippen LogP contribution in [0.3, 0.4) is 0 Å². The third kappa shape index (κ3) is 11.4. The summed E-state index contributed by atoms with van der Waals surface area (Å²) in [6.07, 6.45) is 18.9. The summed E-state index contributed by atoms with van der Waals surface area (Å²) in [7, 11) is 3.14. The number of allylic oxidation sites excluding steroid dienone is 2. The molecule has 0 saturated heterocycles. The Morgan fingerprint density at radius 2 is 1.62 bits per heavy atom. The van der Waals surface area contributed by atoms with E-state index in [9.17, 15) is 9.90 Å². The van der Waals surface area contributed by atoms with E-state index < -0.39 is 0 Å².